The number of anilines is 1. The number of halogens is 1. The Balaban J connectivity index is 1.73. The molecule has 1 atom stereocenters. The van der Waals surface area contributed by atoms with E-state index < -0.39 is 12.0 Å². The van der Waals surface area contributed by atoms with E-state index in [1.807, 2.05) is 56.3 Å². The first-order valence-corrected chi connectivity index (χ1v) is 13.7. The van der Waals surface area contributed by atoms with Gasteiger partial charge in [0.05, 0.1) is 18.8 Å². The molecule has 0 aliphatic carbocycles. The van der Waals surface area contributed by atoms with Crippen LogP contribution in [-0.2, 0) is 16.1 Å². The lowest BCUT2D eigenvalue weighted by atomic mass is 9.95. The largest absolute Gasteiger partial charge is 0.490 e. The lowest BCUT2D eigenvalue weighted by Crippen LogP contribution is -2.29. The van der Waals surface area contributed by atoms with Crippen LogP contribution in [-0.4, -0.2) is 39.7 Å². The molecule has 196 valence electrons. The molecule has 2 aromatic carbocycles. The van der Waals surface area contributed by atoms with Gasteiger partial charge in [0.1, 0.15) is 12.6 Å². The zero-order valence-corrected chi connectivity index (χ0v) is 23.0. The number of nitrogens with one attached hydrogen (secondary N) is 1. The van der Waals surface area contributed by atoms with Gasteiger partial charge in [-0.1, -0.05) is 54.6 Å². The van der Waals surface area contributed by atoms with Crippen molar-refractivity contribution in [1.82, 2.24) is 14.8 Å². The number of ether oxygens (including phenoxy) is 3. The van der Waals surface area contributed by atoms with Gasteiger partial charge in [-0.05, 0) is 51.0 Å². The quantitative estimate of drug-likeness (QED) is 0.224. The minimum atomic E-state index is -0.546. The van der Waals surface area contributed by atoms with E-state index in [0.717, 1.165) is 23.3 Å². The number of benzene rings is 2. The summed E-state index contributed by atoms with van der Waals surface area (Å²) < 4.78 is 19.2. The second kappa shape index (κ2) is 12.4. The molecule has 1 aromatic heterocycles. The van der Waals surface area contributed by atoms with Crippen molar-refractivity contribution in [1.29, 1.82) is 0 Å². The zero-order valence-electron chi connectivity index (χ0n) is 21.4. The molecule has 3 aromatic rings. The van der Waals surface area contributed by atoms with Gasteiger partial charge in [-0.15, -0.1) is 5.10 Å². The smallest absolute Gasteiger partial charge is 0.338 e. The number of allylic oxidation sites excluding steroid dienone is 1. The van der Waals surface area contributed by atoms with Crippen LogP contribution in [0.3, 0.4) is 0 Å². The fourth-order valence-corrected chi connectivity index (χ4v) is 4.89. The Morgan fingerprint density at radius 2 is 1.92 bits per heavy atom. The topological polar surface area (TPSA) is 87.5 Å². The number of rotatable bonds is 11. The van der Waals surface area contributed by atoms with Gasteiger partial charge in [0, 0.05) is 22.0 Å². The predicted molar refractivity (Wildman–Crippen MR) is 146 cm³/mol. The molecule has 1 N–H and O–H groups in total. The number of thioether (sulfide) groups is 1. The molecule has 1 aliphatic heterocycles. The first-order valence-electron chi connectivity index (χ1n) is 12.3. The minimum absolute atomic E-state index is 0.267. The van der Waals surface area contributed by atoms with Crippen LogP contribution < -0.4 is 14.8 Å². The van der Waals surface area contributed by atoms with Crippen LogP contribution in [0, 0.1) is 0 Å². The molecule has 2 heterocycles. The highest BCUT2D eigenvalue weighted by Crippen LogP contribution is 2.40. The molecule has 0 radical (unpaired) electrons. The van der Waals surface area contributed by atoms with E-state index in [-0.39, 0.29) is 6.61 Å². The number of hydrogen-bond donors (Lipinski definition) is 1. The third-order valence-electron chi connectivity index (χ3n) is 5.69. The number of aromatic nitrogens is 3. The highest BCUT2D eigenvalue weighted by Gasteiger charge is 2.35. The van der Waals surface area contributed by atoms with Crippen molar-refractivity contribution < 1.29 is 19.0 Å². The Morgan fingerprint density at radius 1 is 1.11 bits per heavy atom. The van der Waals surface area contributed by atoms with Crippen LogP contribution >= 0.6 is 23.4 Å². The maximum absolute atomic E-state index is 13.1. The summed E-state index contributed by atoms with van der Waals surface area (Å²) in [7, 11) is 0. The maximum Gasteiger partial charge on any atom is 0.338 e. The van der Waals surface area contributed by atoms with Crippen molar-refractivity contribution in [2.75, 3.05) is 24.3 Å². The molecule has 37 heavy (non-hydrogen) atoms. The van der Waals surface area contributed by atoms with E-state index in [1.54, 1.807) is 23.4 Å². The fraction of sp³-hybridized carbons (Fsp3) is 0.370. The highest BCUT2D eigenvalue weighted by atomic mass is 35.5. The number of esters is 1. The Bertz CT molecular complexity index is 1290. The van der Waals surface area contributed by atoms with Crippen LogP contribution in [0.5, 0.6) is 11.5 Å². The molecular formula is C27H31ClN4O4S. The van der Waals surface area contributed by atoms with Gasteiger partial charge in [-0.25, -0.2) is 9.48 Å². The average Bonchev–Trinajstić information content (AvgIpc) is 3.29. The molecule has 0 spiro atoms. The molecule has 4 rings (SSSR count). The summed E-state index contributed by atoms with van der Waals surface area (Å²) in [5.74, 6) is 2.21. The Kier molecular flexibility index (Phi) is 9.00. The molecule has 0 amide bonds. The number of fused-ring (bicyclic) bond motifs is 1. The minimum Gasteiger partial charge on any atom is -0.490 e. The molecule has 1 unspecified atom stereocenters. The lowest BCUT2D eigenvalue weighted by molar-refractivity contribution is -0.139. The van der Waals surface area contributed by atoms with Gasteiger partial charge in [-0.2, -0.15) is 4.98 Å². The van der Waals surface area contributed by atoms with Crippen molar-refractivity contribution in [2.45, 2.75) is 51.9 Å². The monoisotopic (exact) mass is 542 g/mol. The molecule has 1 aliphatic rings. The highest BCUT2D eigenvalue weighted by molar-refractivity contribution is 7.99. The number of carbonyl (C=O) groups is 1. The van der Waals surface area contributed by atoms with Gasteiger partial charge in [-0.3, -0.25) is 0 Å². The second-order valence-electron chi connectivity index (χ2n) is 8.32. The predicted octanol–water partition coefficient (Wildman–Crippen LogP) is 6.26. The Labute approximate surface area is 226 Å². The molecule has 0 bridgehead atoms. The van der Waals surface area contributed by atoms with Crippen molar-refractivity contribution in [3.63, 3.8) is 0 Å². The summed E-state index contributed by atoms with van der Waals surface area (Å²) in [6, 6.07) is 12.7. The van der Waals surface area contributed by atoms with E-state index in [1.165, 1.54) is 0 Å². The zero-order chi connectivity index (χ0) is 26.4. The summed E-state index contributed by atoms with van der Waals surface area (Å²) in [4.78, 5) is 17.7. The maximum atomic E-state index is 13.1. The SMILES string of the molecule is CCCSc1nc2n(n1)C(c1ccc(OCc3ccccc3Cl)c(OCC)c1)C(C(=O)OCC)=C(C)N2. The first-order chi connectivity index (χ1) is 18.0. The van der Waals surface area contributed by atoms with Gasteiger partial charge >= 0.3 is 5.97 Å². The third kappa shape index (κ3) is 6.05. The number of carbonyl (C=O) groups excluding carboxylic acids is 1. The number of hydrogen-bond acceptors (Lipinski definition) is 8. The summed E-state index contributed by atoms with van der Waals surface area (Å²) in [6.07, 6.45) is 1.00. The average molecular weight is 543 g/mol. The van der Waals surface area contributed by atoms with Crippen LogP contribution in [0.25, 0.3) is 0 Å². The summed E-state index contributed by atoms with van der Waals surface area (Å²) in [5, 5.41) is 9.25. The lowest BCUT2D eigenvalue weighted by Gasteiger charge is -2.28. The Morgan fingerprint density at radius 3 is 2.65 bits per heavy atom. The Hall–Kier alpha value is -3.17. The first kappa shape index (κ1) is 26.9. The van der Waals surface area contributed by atoms with Gasteiger partial charge < -0.3 is 19.5 Å². The molecule has 0 fully saturated rings. The van der Waals surface area contributed by atoms with Crippen LogP contribution in [0.2, 0.25) is 5.02 Å². The summed E-state index contributed by atoms with van der Waals surface area (Å²) in [5.41, 5.74) is 2.82. The molecule has 0 saturated carbocycles. The van der Waals surface area contributed by atoms with Gasteiger partial charge in [0.15, 0.2) is 11.5 Å². The normalized spacial score (nSPS) is 14.7. The van der Waals surface area contributed by atoms with E-state index in [9.17, 15) is 4.79 Å². The molecule has 10 heteroatoms. The summed E-state index contributed by atoms with van der Waals surface area (Å²) >= 11 is 7.88. The van der Waals surface area contributed by atoms with Crippen molar-refractivity contribution in [2.24, 2.45) is 0 Å². The van der Waals surface area contributed by atoms with E-state index in [4.69, 9.17) is 30.9 Å². The molecular weight excluding hydrogens is 512 g/mol. The number of nitrogens with zero attached hydrogens (tertiary/aromatic N) is 3. The van der Waals surface area contributed by atoms with E-state index in [0.29, 0.717) is 52.1 Å². The van der Waals surface area contributed by atoms with E-state index in [2.05, 4.69) is 17.2 Å². The van der Waals surface area contributed by atoms with Crippen molar-refractivity contribution >= 4 is 35.3 Å². The van der Waals surface area contributed by atoms with Gasteiger partial charge in [0.25, 0.3) is 0 Å². The standard InChI is InChI=1S/C27H31ClN4O4S/c1-5-14-37-27-30-26-29-17(4)23(25(33)35-7-3)24(32(26)31-27)18-12-13-21(22(15-18)34-6-2)36-16-19-10-8-9-11-20(19)28/h8-13,15,24H,5-7,14,16H2,1-4H3,(H,29,30,31). The van der Waals surface area contributed by atoms with Crippen LogP contribution in [0.4, 0.5) is 5.95 Å². The second-order valence-corrected chi connectivity index (χ2v) is 9.79. The van der Waals surface area contributed by atoms with E-state index >= 15 is 0 Å². The van der Waals surface area contributed by atoms with Crippen LogP contribution in [0.15, 0.2) is 58.9 Å². The molecule has 0 saturated heterocycles. The van der Waals surface area contributed by atoms with Crippen molar-refractivity contribution in [3.8, 4) is 11.5 Å². The molecule has 8 nitrogen and oxygen atoms in total. The van der Waals surface area contributed by atoms with Crippen molar-refractivity contribution in [3.05, 3.63) is 69.9 Å². The third-order valence-corrected chi connectivity index (χ3v) is 7.10. The fourth-order valence-electron chi connectivity index (χ4n) is 4.02. The van der Waals surface area contributed by atoms with Crippen LogP contribution in [0.1, 0.15) is 51.3 Å². The van der Waals surface area contributed by atoms with Gasteiger partial charge in [0.2, 0.25) is 11.1 Å². The summed E-state index contributed by atoms with van der Waals surface area (Å²) in [6.45, 7) is 8.67.